The number of anilines is 1. The van der Waals surface area contributed by atoms with Crippen LogP contribution in [0.1, 0.15) is 19.5 Å². The molecule has 0 atom stereocenters. The summed E-state index contributed by atoms with van der Waals surface area (Å²) < 4.78 is 0. The molecule has 1 aromatic carbocycles. The first-order chi connectivity index (χ1) is 8.15. The molecule has 0 radical (unpaired) electrons. The van der Waals surface area contributed by atoms with Crippen molar-refractivity contribution < 1.29 is 0 Å². The molecule has 0 aliphatic rings. The van der Waals surface area contributed by atoms with E-state index in [1.807, 2.05) is 44.2 Å². The number of aromatic nitrogens is 2. The van der Waals surface area contributed by atoms with Crippen LogP contribution < -0.4 is 5.73 Å². The van der Waals surface area contributed by atoms with Crippen LogP contribution in [0.4, 0.5) is 5.69 Å². The molecule has 0 saturated heterocycles. The van der Waals surface area contributed by atoms with Crippen LogP contribution >= 0.6 is 0 Å². The Morgan fingerprint density at radius 1 is 1.12 bits per heavy atom. The van der Waals surface area contributed by atoms with Gasteiger partial charge in [0.25, 0.3) is 0 Å². The summed E-state index contributed by atoms with van der Waals surface area (Å²) in [5.74, 6) is 0. The minimum atomic E-state index is 0.752. The molecule has 86 valence electrons. The lowest BCUT2D eigenvalue weighted by Gasteiger charge is -2.02. The summed E-state index contributed by atoms with van der Waals surface area (Å²) in [4.78, 5) is 8.73. The average Bonchev–Trinajstić information content (AvgIpc) is 2.29. The van der Waals surface area contributed by atoms with Crippen molar-refractivity contribution in [2.45, 2.75) is 13.8 Å². The van der Waals surface area contributed by atoms with Crippen LogP contribution in [0.25, 0.3) is 17.3 Å². The van der Waals surface area contributed by atoms with Gasteiger partial charge in [0, 0.05) is 11.3 Å². The Kier molecular flexibility index (Phi) is 3.19. The molecule has 0 aliphatic heterocycles. The Morgan fingerprint density at radius 3 is 2.47 bits per heavy atom. The first-order valence-corrected chi connectivity index (χ1v) is 5.48. The fourth-order valence-electron chi connectivity index (χ4n) is 1.54. The maximum absolute atomic E-state index is 5.66. The zero-order chi connectivity index (χ0) is 12.3. The van der Waals surface area contributed by atoms with Gasteiger partial charge in [0.15, 0.2) is 0 Å². The van der Waals surface area contributed by atoms with Gasteiger partial charge in [0.05, 0.1) is 23.8 Å². The van der Waals surface area contributed by atoms with E-state index in [0.717, 1.165) is 22.6 Å². The normalized spacial score (nSPS) is 10.0. The monoisotopic (exact) mass is 225 g/mol. The lowest BCUT2D eigenvalue weighted by molar-refractivity contribution is 1.18. The summed E-state index contributed by atoms with van der Waals surface area (Å²) >= 11 is 0. The Hall–Kier alpha value is -2.16. The van der Waals surface area contributed by atoms with Gasteiger partial charge in [0.2, 0.25) is 0 Å². The van der Waals surface area contributed by atoms with E-state index in [1.54, 1.807) is 12.4 Å². The molecule has 2 N–H and O–H groups in total. The van der Waals surface area contributed by atoms with E-state index in [1.165, 1.54) is 5.57 Å². The van der Waals surface area contributed by atoms with E-state index in [-0.39, 0.29) is 0 Å². The highest BCUT2D eigenvalue weighted by Gasteiger charge is 2.00. The van der Waals surface area contributed by atoms with Crippen LogP contribution in [0.2, 0.25) is 0 Å². The predicted octanol–water partition coefficient (Wildman–Crippen LogP) is 3.15. The Morgan fingerprint density at radius 2 is 1.82 bits per heavy atom. The molecular weight excluding hydrogens is 210 g/mol. The standard InChI is InChI=1S/C14H15N3/c1-10(2)7-13-8-16-9-14(17-13)11-3-5-12(15)6-4-11/h3-9H,15H2,1-2H3. The fourth-order valence-corrected chi connectivity index (χ4v) is 1.54. The maximum Gasteiger partial charge on any atom is 0.0892 e. The third kappa shape index (κ3) is 2.91. The summed E-state index contributed by atoms with van der Waals surface area (Å²) in [6.45, 7) is 4.08. The molecule has 2 rings (SSSR count). The van der Waals surface area contributed by atoms with E-state index >= 15 is 0 Å². The molecule has 17 heavy (non-hydrogen) atoms. The van der Waals surface area contributed by atoms with Crippen LogP contribution in [0, 0.1) is 0 Å². The molecule has 0 fully saturated rings. The molecule has 0 unspecified atom stereocenters. The van der Waals surface area contributed by atoms with Crippen LogP contribution in [0.5, 0.6) is 0 Å². The second-order valence-electron chi connectivity index (χ2n) is 4.17. The molecule has 2 aromatic rings. The number of nitrogens with two attached hydrogens (primary N) is 1. The van der Waals surface area contributed by atoms with Crippen molar-refractivity contribution in [3.63, 3.8) is 0 Å². The van der Waals surface area contributed by atoms with Gasteiger partial charge < -0.3 is 5.73 Å². The van der Waals surface area contributed by atoms with Crippen LogP contribution in [0.15, 0.2) is 42.2 Å². The molecule has 0 saturated carbocycles. The van der Waals surface area contributed by atoms with Gasteiger partial charge in [-0.2, -0.15) is 0 Å². The Balaban J connectivity index is 2.39. The van der Waals surface area contributed by atoms with Gasteiger partial charge >= 0.3 is 0 Å². The third-order valence-corrected chi connectivity index (χ3v) is 2.30. The molecule has 3 heteroatoms. The highest BCUT2D eigenvalue weighted by Crippen LogP contribution is 2.18. The van der Waals surface area contributed by atoms with Crippen molar-refractivity contribution in [2.75, 3.05) is 5.73 Å². The molecule has 1 aromatic heterocycles. The van der Waals surface area contributed by atoms with Crippen molar-refractivity contribution in [3.8, 4) is 11.3 Å². The van der Waals surface area contributed by atoms with E-state index in [4.69, 9.17) is 5.73 Å². The summed E-state index contributed by atoms with van der Waals surface area (Å²) in [6.07, 6.45) is 5.52. The number of nitrogen functional groups attached to an aromatic ring is 1. The smallest absolute Gasteiger partial charge is 0.0892 e. The molecule has 3 nitrogen and oxygen atoms in total. The number of nitrogens with zero attached hydrogens (tertiary/aromatic N) is 2. The largest absolute Gasteiger partial charge is 0.399 e. The molecule has 0 spiro atoms. The number of rotatable bonds is 2. The first-order valence-electron chi connectivity index (χ1n) is 5.48. The molecule has 0 amide bonds. The average molecular weight is 225 g/mol. The molecule has 0 aliphatic carbocycles. The minimum absolute atomic E-state index is 0.752. The van der Waals surface area contributed by atoms with Gasteiger partial charge in [0.1, 0.15) is 0 Å². The first kappa shape index (κ1) is 11.3. The van der Waals surface area contributed by atoms with E-state index in [0.29, 0.717) is 0 Å². The second-order valence-corrected chi connectivity index (χ2v) is 4.17. The predicted molar refractivity (Wildman–Crippen MR) is 71.2 cm³/mol. The fraction of sp³-hybridized carbons (Fsp3) is 0.143. The van der Waals surface area contributed by atoms with E-state index in [9.17, 15) is 0 Å². The van der Waals surface area contributed by atoms with Crippen molar-refractivity contribution in [1.82, 2.24) is 9.97 Å². The zero-order valence-electron chi connectivity index (χ0n) is 10.0. The number of benzene rings is 1. The van der Waals surface area contributed by atoms with Crippen molar-refractivity contribution in [1.29, 1.82) is 0 Å². The van der Waals surface area contributed by atoms with Gasteiger partial charge in [-0.3, -0.25) is 4.98 Å². The number of hydrogen-bond donors (Lipinski definition) is 1. The van der Waals surface area contributed by atoms with Crippen LogP contribution in [0.3, 0.4) is 0 Å². The molecule has 1 heterocycles. The van der Waals surface area contributed by atoms with E-state index < -0.39 is 0 Å². The zero-order valence-corrected chi connectivity index (χ0v) is 10.0. The second kappa shape index (κ2) is 4.78. The molecular formula is C14H15N3. The Bertz CT molecular complexity index is 538. The highest BCUT2D eigenvalue weighted by molar-refractivity contribution is 5.62. The van der Waals surface area contributed by atoms with Gasteiger partial charge in [-0.25, -0.2) is 4.98 Å². The van der Waals surface area contributed by atoms with Crippen LogP contribution in [-0.2, 0) is 0 Å². The summed E-state index contributed by atoms with van der Waals surface area (Å²) in [5.41, 5.74) is 10.4. The van der Waals surface area contributed by atoms with E-state index in [2.05, 4.69) is 9.97 Å². The van der Waals surface area contributed by atoms with Crippen molar-refractivity contribution >= 4 is 11.8 Å². The number of allylic oxidation sites excluding steroid dienone is 1. The summed E-state index contributed by atoms with van der Waals surface area (Å²) in [5, 5.41) is 0. The highest BCUT2D eigenvalue weighted by atomic mass is 14.8. The minimum Gasteiger partial charge on any atom is -0.399 e. The number of hydrogen-bond acceptors (Lipinski definition) is 3. The Labute approximate surface area is 101 Å². The van der Waals surface area contributed by atoms with Crippen LogP contribution in [-0.4, -0.2) is 9.97 Å². The van der Waals surface area contributed by atoms with Gasteiger partial charge in [-0.1, -0.05) is 17.7 Å². The summed E-state index contributed by atoms with van der Waals surface area (Å²) in [6, 6.07) is 7.63. The van der Waals surface area contributed by atoms with Gasteiger partial charge in [-0.15, -0.1) is 0 Å². The quantitative estimate of drug-likeness (QED) is 0.799. The van der Waals surface area contributed by atoms with Crippen molar-refractivity contribution in [2.24, 2.45) is 0 Å². The summed E-state index contributed by atoms with van der Waals surface area (Å²) in [7, 11) is 0. The lowest BCUT2D eigenvalue weighted by atomic mass is 10.1. The maximum atomic E-state index is 5.66. The third-order valence-electron chi connectivity index (χ3n) is 2.30. The molecule has 0 bridgehead atoms. The topological polar surface area (TPSA) is 51.8 Å². The van der Waals surface area contributed by atoms with Crippen molar-refractivity contribution in [3.05, 3.63) is 47.9 Å². The lowest BCUT2D eigenvalue weighted by Crippen LogP contribution is -1.90. The SMILES string of the molecule is CC(C)=Cc1cncc(-c2ccc(N)cc2)n1. The van der Waals surface area contributed by atoms with Gasteiger partial charge in [-0.05, 0) is 32.1 Å².